The van der Waals surface area contributed by atoms with Crippen molar-refractivity contribution in [2.45, 2.75) is 13.3 Å². The van der Waals surface area contributed by atoms with E-state index in [2.05, 4.69) is 4.98 Å². The lowest BCUT2D eigenvalue weighted by Crippen LogP contribution is -2.04. The second-order valence-electron chi connectivity index (χ2n) is 3.76. The van der Waals surface area contributed by atoms with E-state index in [4.69, 9.17) is 0 Å². The Balaban J connectivity index is 2.81. The largest absolute Gasteiger partial charge is 0.478 e. The highest BCUT2D eigenvalue weighted by atomic mass is 32.1. The second kappa shape index (κ2) is 4.73. The maximum atomic E-state index is 11.3. The van der Waals surface area contributed by atoms with Gasteiger partial charge in [0, 0.05) is 18.6 Å². The third-order valence-electron chi connectivity index (χ3n) is 2.85. The monoisotopic (exact) mass is 264 g/mol. The SMILES string of the molecule is CCc1c(C(=O)O)c(C=O)n(C)c1-c1nccs1. The van der Waals surface area contributed by atoms with Crippen molar-refractivity contribution in [3.8, 4) is 10.7 Å². The van der Waals surface area contributed by atoms with Gasteiger partial charge in [0.05, 0.1) is 17.0 Å². The van der Waals surface area contributed by atoms with Crippen molar-refractivity contribution in [2.24, 2.45) is 7.05 Å². The molecule has 0 saturated heterocycles. The highest BCUT2D eigenvalue weighted by Gasteiger charge is 2.25. The molecule has 0 saturated carbocycles. The summed E-state index contributed by atoms with van der Waals surface area (Å²) in [4.78, 5) is 26.6. The molecule has 0 aliphatic heterocycles. The molecule has 0 amide bonds. The number of carboxylic acid groups (broad SMARTS) is 1. The minimum absolute atomic E-state index is 0.0835. The summed E-state index contributed by atoms with van der Waals surface area (Å²) in [6.07, 6.45) is 2.78. The number of carboxylic acids is 1. The molecule has 0 unspecified atom stereocenters. The molecular formula is C12H12N2O3S. The zero-order valence-electron chi connectivity index (χ0n) is 10.0. The van der Waals surface area contributed by atoms with Crippen molar-refractivity contribution in [2.75, 3.05) is 0 Å². The van der Waals surface area contributed by atoms with E-state index in [-0.39, 0.29) is 11.3 Å². The molecule has 1 N–H and O–H groups in total. The van der Waals surface area contributed by atoms with Crippen molar-refractivity contribution in [3.63, 3.8) is 0 Å². The summed E-state index contributed by atoms with van der Waals surface area (Å²) in [5.41, 5.74) is 1.64. The lowest BCUT2D eigenvalue weighted by molar-refractivity contribution is 0.0692. The van der Waals surface area contributed by atoms with E-state index >= 15 is 0 Å². The minimum atomic E-state index is -1.08. The third kappa shape index (κ3) is 1.74. The normalized spacial score (nSPS) is 10.6. The molecule has 18 heavy (non-hydrogen) atoms. The van der Waals surface area contributed by atoms with Gasteiger partial charge in [0.2, 0.25) is 0 Å². The van der Waals surface area contributed by atoms with E-state index < -0.39 is 5.97 Å². The van der Waals surface area contributed by atoms with Crippen LogP contribution in [0.2, 0.25) is 0 Å². The summed E-state index contributed by atoms with van der Waals surface area (Å²) >= 11 is 1.42. The Hall–Kier alpha value is -1.95. The first-order valence-electron chi connectivity index (χ1n) is 5.41. The molecule has 0 aliphatic carbocycles. The zero-order chi connectivity index (χ0) is 13.3. The van der Waals surface area contributed by atoms with Gasteiger partial charge in [-0.25, -0.2) is 9.78 Å². The number of aromatic nitrogens is 2. The molecule has 0 fully saturated rings. The predicted octanol–water partition coefficient (Wildman–Crippen LogP) is 2.22. The zero-order valence-corrected chi connectivity index (χ0v) is 10.8. The number of rotatable bonds is 4. The Morgan fingerprint density at radius 2 is 2.33 bits per heavy atom. The molecule has 2 aromatic rings. The molecule has 0 spiro atoms. The van der Waals surface area contributed by atoms with Crippen LogP contribution in [-0.4, -0.2) is 26.9 Å². The van der Waals surface area contributed by atoms with Gasteiger partial charge in [0.15, 0.2) is 6.29 Å². The van der Waals surface area contributed by atoms with E-state index in [9.17, 15) is 14.7 Å². The van der Waals surface area contributed by atoms with Gasteiger partial charge >= 0.3 is 5.97 Å². The topological polar surface area (TPSA) is 72.2 Å². The second-order valence-corrected chi connectivity index (χ2v) is 4.65. The first-order chi connectivity index (χ1) is 8.61. The Labute approximate surface area is 108 Å². The van der Waals surface area contributed by atoms with Crippen LogP contribution in [0.4, 0.5) is 0 Å². The standard InChI is InChI=1S/C12H12N2O3S/c1-3-7-9(12(16)17)8(6-15)14(2)10(7)11-13-4-5-18-11/h4-6H,3H2,1-2H3,(H,16,17). The van der Waals surface area contributed by atoms with Crippen LogP contribution in [0.25, 0.3) is 10.7 Å². The summed E-state index contributed by atoms with van der Waals surface area (Å²) in [5, 5.41) is 11.8. The molecule has 0 aliphatic rings. The molecule has 2 heterocycles. The van der Waals surface area contributed by atoms with E-state index in [1.54, 1.807) is 17.8 Å². The molecule has 0 aromatic carbocycles. The molecule has 94 valence electrons. The number of hydrogen-bond donors (Lipinski definition) is 1. The van der Waals surface area contributed by atoms with Gasteiger partial charge in [-0.15, -0.1) is 11.3 Å². The van der Waals surface area contributed by atoms with Crippen LogP contribution in [0.5, 0.6) is 0 Å². The first kappa shape index (κ1) is 12.5. The lowest BCUT2D eigenvalue weighted by Gasteiger charge is -2.02. The van der Waals surface area contributed by atoms with E-state index in [1.807, 2.05) is 12.3 Å². The Kier molecular flexibility index (Phi) is 3.29. The summed E-state index contributed by atoms with van der Waals surface area (Å²) in [6.45, 7) is 1.87. The fourth-order valence-corrected chi connectivity index (χ4v) is 2.84. The number of hydrogen-bond acceptors (Lipinski definition) is 4. The predicted molar refractivity (Wildman–Crippen MR) is 68.2 cm³/mol. The minimum Gasteiger partial charge on any atom is -0.478 e. The number of aldehydes is 1. The van der Waals surface area contributed by atoms with Crippen LogP contribution in [0.1, 0.15) is 33.3 Å². The van der Waals surface area contributed by atoms with Crippen LogP contribution in [-0.2, 0) is 13.5 Å². The molecule has 6 heteroatoms. The van der Waals surface area contributed by atoms with Crippen LogP contribution in [0.3, 0.4) is 0 Å². The number of thiazole rings is 1. The van der Waals surface area contributed by atoms with Gasteiger partial charge in [0.25, 0.3) is 0 Å². The van der Waals surface area contributed by atoms with Crippen LogP contribution < -0.4 is 0 Å². The smallest absolute Gasteiger partial charge is 0.338 e. The Morgan fingerprint density at radius 3 is 2.78 bits per heavy atom. The van der Waals surface area contributed by atoms with Gasteiger partial charge in [0.1, 0.15) is 5.01 Å². The lowest BCUT2D eigenvalue weighted by atomic mass is 10.1. The maximum absolute atomic E-state index is 11.3. The van der Waals surface area contributed by atoms with Crippen LogP contribution >= 0.6 is 11.3 Å². The number of aromatic carboxylic acids is 1. The fourth-order valence-electron chi connectivity index (χ4n) is 2.10. The van der Waals surface area contributed by atoms with Gasteiger partial charge in [-0.05, 0) is 12.0 Å². The highest BCUT2D eigenvalue weighted by Crippen LogP contribution is 2.32. The molecule has 2 aromatic heterocycles. The summed E-state index contributed by atoms with van der Waals surface area (Å²) in [7, 11) is 1.69. The third-order valence-corrected chi connectivity index (χ3v) is 3.63. The van der Waals surface area contributed by atoms with Crippen LogP contribution in [0.15, 0.2) is 11.6 Å². The molecule has 5 nitrogen and oxygen atoms in total. The van der Waals surface area contributed by atoms with Crippen molar-refractivity contribution >= 4 is 23.6 Å². The van der Waals surface area contributed by atoms with Crippen molar-refractivity contribution in [1.82, 2.24) is 9.55 Å². The fraction of sp³-hybridized carbons (Fsp3) is 0.250. The van der Waals surface area contributed by atoms with Gasteiger partial charge in [-0.1, -0.05) is 6.92 Å². The first-order valence-corrected chi connectivity index (χ1v) is 6.29. The summed E-state index contributed by atoms with van der Waals surface area (Å²) in [5.74, 6) is -1.08. The number of carbonyl (C=O) groups is 2. The van der Waals surface area contributed by atoms with Crippen LogP contribution in [0, 0.1) is 0 Å². The molecule has 0 radical (unpaired) electrons. The van der Waals surface area contributed by atoms with E-state index in [1.165, 1.54) is 11.3 Å². The van der Waals surface area contributed by atoms with Crippen molar-refractivity contribution in [1.29, 1.82) is 0 Å². The Morgan fingerprint density at radius 1 is 1.61 bits per heavy atom. The highest BCUT2D eigenvalue weighted by molar-refractivity contribution is 7.13. The van der Waals surface area contributed by atoms with Gasteiger partial charge in [-0.3, -0.25) is 4.79 Å². The number of nitrogens with zero attached hydrogens (tertiary/aromatic N) is 2. The average molecular weight is 264 g/mol. The maximum Gasteiger partial charge on any atom is 0.338 e. The van der Waals surface area contributed by atoms with E-state index in [0.29, 0.717) is 24.0 Å². The molecule has 0 bridgehead atoms. The van der Waals surface area contributed by atoms with Crippen molar-refractivity contribution in [3.05, 3.63) is 28.4 Å². The average Bonchev–Trinajstić information content (AvgIpc) is 2.93. The number of carbonyl (C=O) groups excluding carboxylic acids is 1. The van der Waals surface area contributed by atoms with E-state index in [0.717, 1.165) is 5.01 Å². The van der Waals surface area contributed by atoms with Crippen molar-refractivity contribution < 1.29 is 14.7 Å². The van der Waals surface area contributed by atoms with Gasteiger partial charge in [-0.2, -0.15) is 0 Å². The molecular weight excluding hydrogens is 252 g/mol. The summed E-state index contributed by atoms with van der Waals surface area (Å²) in [6, 6.07) is 0. The summed E-state index contributed by atoms with van der Waals surface area (Å²) < 4.78 is 1.61. The Bertz CT molecular complexity index is 599. The molecule has 2 rings (SSSR count). The molecule has 0 atom stereocenters. The van der Waals surface area contributed by atoms with Gasteiger partial charge < -0.3 is 9.67 Å². The quantitative estimate of drug-likeness (QED) is 0.859.